The van der Waals surface area contributed by atoms with Crippen LogP contribution < -0.4 is 4.74 Å². The summed E-state index contributed by atoms with van der Waals surface area (Å²) in [6, 6.07) is 18.3. The third kappa shape index (κ3) is 3.82. The molecule has 0 heterocycles. The van der Waals surface area contributed by atoms with E-state index in [2.05, 4.69) is 0 Å². The standard InChI is InChI=1S/C17H13NO2/c18-12-13-20-16-9-7-15(8-10-16)17(19)11-6-14-4-2-1-3-5-14/h1-11H,13H2/b11-6+. The monoisotopic (exact) mass is 263 g/mol. The van der Waals surface area contributed by atoms with Gasteiger partial charge in [0.15, 0.2) is 12.4 Å². The SMILES string of the molecule is N#CCOc1ccc(C(=O)/C=C/c2ccccc2)cc1. The highest BCUT2D eigenvalue weighted by Crippen LogP contribution is 2.13. The van der Waals surface area contributed by atoms with E-state index in [-0.39, 0.29) is 12.4 Å². The number of nitriles is 1. The number of hydrogen-bond donors (Lipinski definition) is 0. The minimum atomic E-state index is -0.0688. The van der Waals surface area contributed by atoms with Gasteiger partial charge in [-0.3, -0.25) is 4.79 Å². The predicted molar refractivity (Wildman–Crippen MR) is 77.4 cm³/mol. The number of carbonyl (C=O) groups excluding carboxylic acids is 1. The number of carbonyl (C=O) groups is 1. The van der Waals surface area contributed by atoms with Crippen LogP contribution in [-0.4, -0.2) is 12.4 Å². The van der Waals surface area contributed by atoms with Crippen LogP contribution in [-0.2, 0) is 0 Å². The molecule has 0 spiro atoms. The third-order valence-electron chi connectivity index (χ3n) is 2.67. The Kier molecular flexibility index (Phi) is 4.69. The molecule has 98 valence electrons. The Morgan fingerprint density at radius 2 is 1.80 bits per heavy atom. The van der Waals surface area contributed by atoms with E-state index in [9.17, 15) is 4.79 Å². The van der Waals surface area contributed by atoms with E-state index in [0.29, 0.717) is 11.3 Å². The average molecular weight is 263 g/mol. The predicted octanol–water partition coefficient (Wildman–Crippen LogP) is 3.49. The summed E-state index contributed by atoms with van der Waals surface area (Å²) < 4.78 is 5.13. The zero-order chi connectivity index (χ0) is 14.2. The fourth-order valence-corrected chi connectivity index (χ4v) is 1.66. The quantitative estimate of drug-likeness (QED) is 0.613. The van der Waals surface area contributed by atoms with Gasteiger partial charge in [0.2, 0.25) is 0 Å². The zero-order valence-corrected chi connectivity index (χ0v) is 10.8. The maximum atomic E-state index is 12.0. The third-order valence-corrected chi connectivity index (χ3v) is 2.67. The molecule has 0 saturated heterocycles. The van der Waals surface area contributed by atoms with E-state index >= 15 is 0 Å². The summed E-state index contributed by atoms with van der Waals surface area (Å²) in [6.45, 7) is 0.00119. The van der Waals surface area contributed by atoms with Gasteiger partial charge in [-0.05, 0) is 35.9 Å². The first-order valence-electron chi connectivity index (χ1n) is 6.17. The molecular formula is C17H13NO2. The summed E-state index contributed by atoms with van der Waals surface area (Å²) in [5, 5.41) is 8.41. The Morgan fingerprint density at radius 3 is 2.45 bits per heavy atom. The summed E-state index contributed by atoms with van der Waals surface area (Å²) in [6.07, 6.45) is 3.32. The fourth-order valence-electron chi connectivity index (χ4n) is 1.66. The van der Waals surface area contributed by atoms with Crippen molar-refractivity contribution in [3.05, 3.63) is 71.8 Å². The molecule has 0 N–H and O–H groups in total. The van der Waals surface area contributed by atoms with Crippen molar-refractivity contribution >= 4 is 11.9 Å². The highest BCUT2D eigenvalue weighted by Gasteiger charge is 2.02. The maximum absolute atomic E-state index is 12.0. The molecule has 0 saturated carbocycles. The molecule has 0 aliphatic heterocycles. The lowest BCUT2D eigenvalue weighted by molar-refractivity contribution is 0.104. The Labute approximate surface area is 117 Å². The summed E-state index contributed by atoms with van der Waals surface area (Å²) in [4.78, 5) is 12.0. The van der Waals surface area contributed by atoms with Crippen molar-refractivity contribution in [2.45, 2.75) is 0 Å². The molecule has 3 heteroatoms. The minimum Gasteiger partial charge on any atom is -0.479 e. The van der Waals surface area contributed by atoms with Crippen LogP contribution in [0.3, 0.4) is 0 Å². The summed E-state index contributed by atoms with van der Waals surface area (Å²) >= 11 is 0. The Bertz CT molecular complexity index is 637. The van der Waals surface area contributed by atoms with Gasteiger partial charge >= 0.3 is 0 Å². The van der Waals surface area contributed by atoms with Gasteiger partial charge in [-0.2, -0.15) is 5.26 Å². The average Bonchev–Trinajstić information content (AvgIpc) is 2.52. The van der Waals surface area contributed by atoms with Crippen molar-refractivity contribution in [1.82, 2.24) is 0 Å². The van der Waals surface area contributed by atoms with Gasteiger partial charge in [0.05, 0.1) is 0 Å². The van der Waals surface area contributed by atoms with Crippen LogP contribution in [0, 0.1) is 11.3 Å². The molecule has 0 aromatic heterocycles. The molecule has 0 fully saturated rings. The normalized spacial score (nSPS) is 10.2. The van der Waals surface area contributed by atoms with E-state index < -0.39 is 0 Å². The van der Waals surface area contributed by atoms with Crippen LogP contribution in [0.4, 0.5) is 0 Å². The van der Waals surface area contributed by atoms with Crippen molar-refractivity contribution in [3.8, 4) is 11.8 Å². The first kappa shape index (κ1) is 13.6. The molecule has 0 atom stereocenters. The number of ketones is 1. The number of rotatable bonds is 5. The molecule has 0 aliphatic carbocycles. The van der Waals surface area contributed by atoms with Gasteiger partial charge in [-0.15, -0.1) is 0 Å². The van der Waals surface area contributed by atoms with Crippen molar-refractivity contribution in [3.63, 3.8) is 0 Å². The molecule has 0 radical (unpaired) electrons. The van der Waals surface area contributed by atoms with Crippen molar-refractivity contribution in [2.24, 2.45) is 0 Å². The second-order valence-corrected chi connectivity index (χ2v) is 4.08. The highest BCUT2D eigenvalue weighted by atomic mass is 16.5. The van der Waals surface area contributed by atoms with Crippen molar-refractivity contribution in [1.29, 1.82) is 5.26 Å². The van der Waals surface area contributed by atoms with Gasteiger partial charge in [-0.25, -0.2) is 0 Å². The maximum Gasteiger partial charge on any atom is 0.185 e. The lowest BCUT2D eigenvalue weighted by atomic mass is 10.1. The first-order valence-corrected chi connectivity index (χ1v) is 6.17. The lowest BCUT2D eigenvalue weighted by Gasteiger charge is -2.01. The topological polar surface area (TPSA) is 50.1 Å². The van der Waals surface area contributed by atoms with E-state index in [1.54, 1.807) is 36.4 Å². The summed E-state index contributed by atoms with van der Waals surface area (Å²) in [7, 11) is 0. The molecular weight excluding hydrogens is 250 g/mol. The Morgan fingerprint density at radius 1 is 1.10 bits per heavy atom. The van der Waals surface area contributed by atoms with Crippen LogP contribution in [0.2, 0.25) is 0 Å². The van der Waals surface area contributed by atoms with Crippen LogP contribution in [0.5, 0.6) is 5.75 Å². The highest BCUT2D eigenvalue weighted by molar-refractivity contribution is 6.06. The number of benzene rings is 2. The molecule has 3 nitrogen and oxygen atoms in total. The zero-order valence-electron chi connectivity index (χ0n) is 10.8. The van der Waals surface area contributed by atoms with Gasteiger partial charge in [0.1, 0.15) is 11.8 Å². The van der Waals surface area contributed by atoms with Crippen molar-refractivity contribution in [2.75, 3.05) is 6.61 Å². The van der Waals surface area contributed by atoms with Gasteiger partial charge in [0, 0.05) is 5.56 Å². The summed E-state index contributed by atoms with van der Waals surface area (Å²) in [5.41, 5.74) is 1.57. The van der Waals surface area contributed by atoms with E-state index in [0.717, 1.165) is 5.56 Å². The Hall–Kier alpha value is -2.86. The molecule has 0 unspecified atom stereocenters. The largest absolute Gasteiger partial charge is 0.479 e. The van der Waals surface area contributed by atoms with Crippen molar-refractivity contribution < 1.29 is 9.53 Å². The van der Waals surface area contributed by atoms with E-state index in [1.807, 2.05) is 36.4 Å². The fraction of sp³-hybridized carbons (Fsp3) is 0.0588. The second kappa shape index (κ2) is 6.91. The number of allylic oxidation sites excluding steroid dienone is 1. The molecule has 2 aromatic carbocycles. The first-order chi connectivity index (χ1) is 9.79. The molecule has 2 aromatic rings. The van der Waals surface area contributed by atoms with Crippen LogP contribution in [0.15, 0.2) is 60.7 Å². The Balaban J connectivity index is 2.03. The van der Waals surface area contributed by atoms with Gasteiger partial charge in [0.25, 0.3) is 0 Å². The van der Waals surface area contributed by atoms with E-state index in [4.69, 9.17) is 10.00 Å². The molecule has 0 bridgehead atoms. The number of hydrogen-bond acceptors (Lipinski definition) is 3. The van der Waals surface area contributed by atoms with Gasteiger partial charge < -0.3 is 4.74 Å². The van der Waals surface area contributed by atoms with Crippen LogP contribution in [0.1, 0.15) is 15.9 Å². The second-order valence-electron chi connectivity index (χ2n) is 4.08. The molecule has 0 aliphatic rings. The number of nitrogens with zero attached hydrogens (tertiary/aromatic N) is 1. The summed E-state index contributed by atoms with van der Waals surface area (Å²) in [5.74, 6) is 0.510. The van der Waals surface area contributed by atoms with Gasteiger partial charge in [-0.1, -0.05) is 36.4 Å². The molecule has 0 amide bonds. The smallest absolute Gasteiger partial charge is 0.185 e. The molecule has 20 heavy (non-hydrogen) atoms. The molecule has 2 rings (SSSR count). The van der Waals surface area contributed by atoms with Crippen LogP contribution >= 0.6 is 0 Å². The van der Waals surface area contributed by atoms with Crippen LogP contribution in [0.25, 0.3) is 6.08 Å². The number of ether oxygens (including phenoxy) is 1. The lowest BCUT2D eigenvalue weighted by Crippen LogP contribution is -1.96. The minimum absolute atomic E-state index is 0.00119. The van der Waals surface area contributed by atoms with E-state index in [1.165, 1.54) is 0 Å².